The second kappa shape index (κ2) is 4.61. The van der Waals surface area contributed by atoms with Gasteiger partial charge in [-0.2, -0.15) is 0 Å². The van der Waals surface area contributed by atoms with Crippen LogP contribution in [-0.2, 0) is 15.9 Å². The Balaban J connectivity index is 2.93. The number of halogens is 1. The van der Waals surface area contributed by atoms with Gasteiger partial charge in [-0.3, -0.25) is 0 Å². The highest BCUT2D eigenvalue weighted by Gasteiger charge is 2.16. The standard InChI is InChI=1S/C8H12ClNO2S2/c1-6(2)10-14(11,12)8-3-7(4-9)13-5-8/h3,5-6,10H,4H2,1-2H3. The summed E-state index contributed by atoms with van der Waals surface area (Å²) in [5.74, 6) is 0.349. The number of hydrogen-bond acceptors (Lipinski definition) is 3. The van der Waals surface area contributed by atoms with E-state index in [4.69, 9.17) is 11.6 Å². The molecule has 1 rings (SSSR count). The molecule has 0 unspecified atom stereocenters. The lowest BCUT2D eigenvalue weighted by Gasteiger charge is -2.07. The molecule has 0 amide bonds. The van der Waals surface area contributed by atoms with Crippen molar-refractivity contribution < 1.29 is 8.42 Å². The minimum atomic E-state index is -3.35. The molecule has 0 saturated heterocycles. The van der Waals surface area contributed by atoms with Crippen LogP contribution < -0.4 is 4.72 Å². The normalized spacial score (nSPS) is 12.3. The molecule has 1 heterocycles. The highest BCUT2D eigenvalue weighted by atomic mass is 35.5. The van der Waals surface area contributed by atoms with Crippen LogP contribution in [0.25, 0.3) is 0 Å². The van der Waals surface area contributed by atoms with E-state index in [2.05, 4.69) is 4.72 Å². The zero-order valence-corrected chi connectivity index (χ0v) is 10.3. The fourth-order valence-corrected chi connectivity index (χ4v) is 3.59. The van der Waals surface area contributed by atoms with Gasteiger partial charge in [-0.25, -0.2) is 13.1 Å². The SMILES string of the molecule is CC(C)NS(=O)(=O)c1csc(CCl)c1. The van der Waals surface area contributed by atoms with Crippen molar-refractivity contribution in [3.63, 3.8) is 0 Å². The number of thiophene rings is 1. The highest BCUT2D eigenvalue weighted by molar-refractivity contribution is 7.89. The molecule has 0 saturated carbocycles. The summed E-state index contributed by atoms with van der Waals surface area (Å²) < 4.78 is 25.8. The first-order chi connectivity index (χ1) is 6.45. The number of alkyl halides is 1. The Bertz CT molecular complexity index is 397. The summed E-state index contributed by atoms with van der Waals surface area (Å²) in [6.07, 6.45) is 0. The summed E-state index contributed by atoms with van der Waals surface area (Å²) in [6, 6.07) is 1.50. The third-order valence-corrected chi connectivity index (χ3v) is 4.63. The largest absolute Gasteiger partial charge is 0.241 e. The summed E-state index contributed by atoms with van der Waals surface area (Å²) in [4.78, 5) is 1.16. The van der Waals surface area contributed by atoms with Crippen LogP contribution in [0.2, 0.25) is 0 Å². The van der Waals surface area contributed by atoms with Gasteiger partial charge in [0.1, 0.15) is 0 Å². The van der Waals surface area contributed by atoms with Crippen molar-refractivity contribution in [3.8, 4) is 0 Å². The summed E-state index contributed by atoms with van der Waals surface area (Å²) in [5, 5.41) is 1.60. The van der Waals surface area contributed by atoms with Crippen molar-refractivity contribution in [2.24, 2.45) is 0 Å². The molecule has 0 aliphatic rings. The topological polar surface area (TPSA) is 46.2 Å². The lowest BCUT2D eigenvalue weighted by Crippen LogP contribution is -2.29. The van der Waals surface area contributed by atoms with E-state index in [1.807, 2.05) is 0 Å². The molecule has 14 heavy (non-hydrogen) atoms. The van der Waals surface area contributed by atoms with E-state index in [1.165, 1.54) is 11.3 Å². The van der Waals surface area contributed by atoms with Gasteiger partial charge in [0.2, 0.25) is 10.0 Å². The summed E-state index contributed by atoms with van der Waals surface area (Å²) in [7, 11) is -3.35. The molecule has 3 nitrogen and oxygen atoms in total. The smallest absolute Gasteiger partial charge is 0.209 e. The Morgan fingerprint density at radius 3 is 2.64 bits per heavy atom. The fraction of sp³-hybridized carbons (Fsp3) is 0.500. The molecule has 0 aromatic carbocycles. The van der Waals surface area contributed by atoms with Gasteiger partial charge in [0, 0.05) is 16.3 Å². The summed E-state index contributed by atoms with van der Waals surface area (Å²) in [6.45, 7) is 3.57. The first-order valence-electron chi connectivity index (χ1n) is 4.11. The molecule has 0 aliphatic heterocycles. The maximum absolute atomic E-state index is 11.6. The predicted octanol–water partition coefficient (Wildman–Crippen LogP) is 2.17. The first-order valence-corrected chi connectivity index (χ1v) is 7.01. The minimum Gasteiger partial charge on any atom is -0.209 e. The average molecular weight is 254 g/mol. The highest BCUT2D eigenvalue weighted by Crippen LogP contribution is 2.20. The molecule has 1 aromatic heterocycles. The van der Waals surface area contributed by atoms with Gasteiger partial charge < -0.3 is 0 Å². The lowest BCUT2D eigenvalue weighted by atomic mass is 10.4. The van der Waals surface area contributed by atoms with Gasteiger partial charge in [0.25, 0.3) is 0 Å². The van der Waals surface area contributed by atoms with Gasteiger partial charge in [0.15, 0.2) is 0 Å². The number of nitrogens with one attached hydrogen (secondary N) is 1. The number of sulfonamides is 1. The Morgan fingerprint density at radius 2 is 2.21 bits per heavy atom. The van der Waals surface area contributed by atoms with Gasteiger partial charge in [-0.1, -0.05) is 0 Å². The van der Waals surface area contributed by atoms with Gasteiger partial charge in [0.05, 0.1) is 10.8 Å². The molecule has 1 N–H and O–H groups in total. The van der Waals surface area contributed by atoms with Crippen LogP contribution >= 0.6 is 22.9 Å². The zero-order chi connectivity index (χ0) is 10.8. The van der Waals surface area contributed by atoms with Crippen LogP contribution in [0.3, 0.4) is 0 Å². The van der Waals surface area contributed by atoms with Crippen molar-refractivity contribution >= 4 is 33.0 Å². The molecule has 0 atom stereocenters. The first kappa shape index (κ1) is 12.0. The average Bonchev–Trinajstić information content (AvgIpc) is 2.49. The summed E-state index contributed by atoms with van der Waals surface area (Å²) in [5.41, 5.74) is 0. The van der Waals surface area contributed by atoms with Crippen molar-refractivity contribution in [2.45, 2.75) is 30.7 Å². The second-order valence-corrected chi connectivity index (χ2v) is 6.14. The zero-order valence-electron chi connectivity index (χ0n) is 7.95. The monoisotopic (exact) mass is 253 g/mol. The quantitative estimate of drug-likeness (QED) is 0.836. The van der Waals surface area contributed by atoms with Crippen molar-refractivity contribution in [3.05, 3.63) is 16.3 Å². The van der Waals surface area contributed by atoms with E-state index in [-0.39, 0.29) is 6.04 Å². The Kier molecular flexibility index (Phi) is 3.94. The minimum absolute atomic E-state index is 0.0978. The van der Waals surface area contributed by atoms with Crippen LogP contribution in [0.5, 0.6) is 0 Å². The third kappa shape index (κ3) is 2.95. The Hall–Kier alpha value is -0.100. The van der Waals surface area contributed by atoms with E-state index in [0.717, 1.165) is 4.88 Å². The molecular weight excluding hydrogens is 242 g/mol. The fourth-order valence-electron chi connectivity index (χ4n) is 0.950. The van der Waals surface area contributed by atoms with E-state index in [0.29, 0.717) is 10.8 Å². The predicted molar refractivity (Wildman–Crippen MR) is 59.3 cm³/mol. The third-order valence-electron chi connectivity index (χ3n) is 1.46. The van der Waals surface area contributed by atoms with Crippen molar-refractivity contribution in [1.29, 1.82) is 0 Å². The van der Waals surface area contributed by atoms with Gasteiger partial charge >= 0.3 is 0 Å². The molecular formula is C8H12ClNO2S2. The summed E-state index contributed by atoms with van der Waals surface area (Å²) >= 11 is 6.94. The van der Waals surface area contributed by atoms with Crippen molar-refractivity contribution in [2.75, 3.05) is 0 Å². The second-order valence-electron chi connectivity index (χ2n) is 3.16. The van der Waals surface area contributed by atoms with Crippen LogP contribution in [0.1, 0.15) is 18.7 Å². The molecule has 0 spiro atoms. The van der Waals surface area contributed by atoms with E-state index < -0.39 is 10.0 Å². The molecule has 80 valence electrons. The van der Waals surface area contributed by atoms with Gasteiger partial charge in [-0.05, 0) is 19.9 Å². The molecule has 1 aromatic rings. The van der Waals surface area contributed by atoms with E-state index in [9.17, 15) is 8.42 Å². The Labute approximate surface area is 93.1 Å². The van der Waals surface area contributed by atoms with Crippen molar-refractivity contribution in [1.82, 2.24) is 4.72 Å². The van der Waals surface area contributed by atoms with Crippen LogP contribution in [0, 0.1) is 0 Å². The van der Waals surface area contributed by atoms with Crippen LogP contribution in [-0.4, -0.2) is 14.5 Å². The molecule has 0 aliphatic carbocycles. The van der Waals surface area contributed by atoms with Crippen LogP contribution in [0.15, 0.2) is 16.3 Å². The maximum atomic E-state index is 11.6. The van der Waals surface area contributed by atoms with E-state index in [1.54, 1.807) is 25.3 Å². The number of hydrogen-bond donors (Lipinski definition) is 1. The van der Waals surface area contributed by atoms with E-state index >= 15 is 0 Å². The molecule has 6 heteroatoms. The lowest BCUT2D eigenvalue weighted by molar-refractivity contribution is 0.570. The molecule has 0 radical (unpaired) electrons. The maximum Gasteiger partial charge on any atom is 0.241 e. The Morgan fingerprint density at radius 1 is 1.57 bits per heavy atom. The van der Waals surface area contributed by atoms with Crippen LogP contribution in [0.4, 0.5) is 0 Å². The number of rotatable bonds is 4. The van der Waals surface area contributed by atoms with Gasteiger partial charge in [-0.15, -0.1) is 22.9 Å². The molecule has 0 bridgehead atoms. The molecule has 0 fully saturated rings.